The molecule has 3 saturated heterocycles. The van der Waals surface area contributed by atoms with Gasteiger partial charge in [-0.25, -0.2) is 10.4 Å². The van der Waals surface area contributed by atoms with Gasteiger partial charge in [-0.05, 0) is 19.2 Å². The Morgan fingerprint density at radius 2 is 1.80 bits per heavy atom. The Morgan fingerprint density at radius 1 is 1.10 bits per heavy atom. The van der Waals surface area contributed by atoms with Crippen LogP contribution in [-0.2, 0) is 14.4 Å². The maximum atomic E-state index is 13.4. The molecular formula is C21H30N6O3. The number of hydrogen-bond acceptors (Lipinski definition) is 6. The third-order valence-electron chi connectivity index (χ3n) is 6.36. The lowest BCUT2D eigenvalue weighted by Gasteiger charge is -2.41. The molecule has 3 heterocycles. The first-order valence-corrected chi connectivity index (χ1v) is 10.5. The van der Waals surface area contributed by atoms with Crippen molar-refractivity contribution in [3.8, 4) is 0 Å². The molecular weight excluding hydrogens is 384 g/mol. The van der Waals surface area contributed by atoms with Gasteiger partial charge in [0.1, 0.15) is 0 Å². The van der Waals surface area contributed by atoms with Crippen molar-refractivity contribution in [2.75, 3.05) is 64.9 Å². The van der Waals surface area contributed by atoms with Crippen LogP contribution >= 0.6 is 0 Å². The number of nitrogens with one attached hydrogen (secondary N) is 2. The van der Waals surface area contributed by atoms with Crippen LogP contribution in [0.3, 0.4) is 0 Å². The third kappa shape index (κ3) is 4.05. The quantitative estimate of drug-likeness (QED) is 0.656. The van der Waals surface area contributed by atoms with Crippen LogP contribution in [-0.4, -0.2) is 98.4 Å². The van der Waals surface area contributed by atoms with Crippen molar-refractivity contribution >= 4 is 23.4 Å². The summed E-state index contributed by atoms with van der Waals surface area (Å²) < 4.78 is 0. The van der Waals surface area contributed by atoms with Crippen molar-refractivity contribution < 1.29 is 14.4 Å². The molecule has 0 spiro atoms. The minimum Gasteiger partial charge on any atom is -0.358 e. The average molecular weight is 415 g/mol. The van der Waals surface area contributed by atoms with Gasteiger partial charge in [-0.15, -0.1) is 0 Å². The molecule has 162 valence electrons. The summed E-state index contributed by atoms with van der Waals surface area (Å²) >= 11 is 0. The van der Waals surface area contributed by atoms with E-state index in [1.807, 2.05) is 42.3 Å². The van der Waals surface area contributed by atoms with E-state index < -0.39 is 0 Å². The lowest BCUT2D eigenvalue weighted by molar-refractivity contribution is -0.141. The van der Waals surface area contributed by atoms with Crippen LogP contribution in [0.2, 0.25) is 0 Å². The highest BCUT2D eigenvalue weighted by Gasteiger charge is 2.51. The Morgan fingerprint density at radius 3 is 2.47 bits per heavy atom. The van der Waals surface area contributed by atoms with E-state index in [-0.39, 0.29) is 35.6 Å². The number of para-hydroxylation sites is 1. The van der Waals surface area contributed by atoms with Crippen LogP contribution < -0.4 is 15.8 Å². The minimum absolute atomic E-state index is 0.0128. The van der Waals surface area contributed by atoms with Crippen molar-refractivity contribution in [3.05, 3.63) is 30.3 Å². The van der Waals surface area contributed by atoms with Gasteiger partial charge in [0.05, 0.1) is 30.1 Å². The van der Waals surface area contributed by atoms with Crippen LogP contribution in [0, 0.1) is 11.8 Å². The van der Waals surface area contributed by atoms with Crippen LogP contribution in [0.1, 0.15) is 0 Å². The number of rotatable bonds is 4. The van der Waals surface area contributed by atoms with Gasteiger partial charge in [0.25, 0.3) is 0 Å². The maximum absolute atomic E-state index is 13.4. The normalized spacial score (nSPS) is 27.8. The van der Waals surface area contributed by atoms with Gasteiger partial charge >= 0.3 is 0 Å². The number of likely N-dealkylation sites (tertiary alicyclic amines) is 1. The van der Waals surface area contributed by atoms with Crippen LogP contribution in [0.5, 0.6) is 0 Å². The van der Waals surface area contributed by atoms with E-state index in [0.29, 0.717) is 45.8 Å². The van der Waals surface area contributed by atoms with Gasteiger partial charge in [0.15, 0.2) is 0 Å². The number of benzene rings is 1. The van der Waals surface area contributed by atoms with Crippen molar-refractivity contribution in [3.63, 3.8) is 0 Å². The van der Waals surface area contributed by atoms with Crippen LogP contribution in [0.4, 0.5) is 5.69 Å². The summed E-state index contributed by atoms with van der Waals surface area (Å²) in [6.45, 7) is 4.19. The van der Waals surface area contributed by atoms with E-state index in [2.05, 4.69) is 20.5 Å². The number of nitrogens with zero attached hydrogens (tertiary/aromatic N) is 4. The lowest BCUT2D eigenvalue weighted by atomic mass is 9.84. The van der Waals surface area contributed by atoms with Gasteiger partial charge in [0.2, 0.25) is 17.7 Å². The van der Waals surface area contributed by atoms with Crippen molar-refractivity contribution in [2.45, 2.75) is 6.04 Å². The Kier molecular flexibility index (Phi) is 6.03. The van der Waals surface area contributed by atoms with Crippen molar-refractivity contribution in [1.82, 2.24) is 25.4 Å². The highest BCUT2D eigenvalue weighted by atomic mass is 16.2. The summed E-state index contributed by atoms with van der Waals surface area (Å²) in [5.41, 5.74) is 4.14. The number of amides is 3. The van der Waals surface area contributed by atoms with E-state index in [1.165, 1.54) is 0 Å². The molecule has 3 fully saturated rings. The standard InChI is InChI=1S/C21H30N6O3/c1-22-18(28)14-25-8-10-26(11-9-25)20(29)16-12-24(2)13-17-19(16)23-27(21(17)30)15-6-4-3-5-7-15/h3-7,16-17,19,23H,8-14H2,1-2H3,(H,22,28). The molecule has 3 aliphatic heterocycles. The molecule has 0 bridgehead atoms. The fraction of sp³-hybridized carbons (Fsp3) is 0.571. The molecule has 2 N–H and O–H groups in total. The zero-order valence-electron chi connectivity index (χ0n) is 17.6. The highest BCUT2D eigenvalue weighted by Crippen LogP contribution is 2.32. The monoisotopic (exact) mass is 414 g/mol. The van der Waals surface area contributed by atoms with Gasteiger partial charge < -0.3 is 15.1 Å². The molecule has 1 aromatic rings. The summed E-state index contributed by atoms with van der Waals surface area (Å²) in [6.07, 6.45) is 0. The Labute approximate surface area is 176 Å². The predicted molar refractivity (Wildman–Crippen MR) is 112 cm³/mol. The summed E-state index contributed by atoms with van der Waals surface area (Å²) in [4.78, 5) is 44.1. The molecule has 30 heavy (non-hydrogen) atoms. The number of piperazine rings is 1. The third-order valence-corrected chi connectivity index (χ3v) is 6.36. The molecule has 3 unspecified atom stereocenters. The molecule has 0 saturated carbocycles. The van der Waals surface area contributed by atoms with Crippen LogP contribution in [0.25, 0.3) is 0 Å². The molecule has 9 nitrogen and oxygen atoms in total. The van der Waals surface area contributed by atoms with E-state index in [1.54, 1.807) is 12.1 Å². The van der Waals surface area contributed by atoms with Crippen LogP contribution in [0.15, 0.2) is 30.3 Å². The number of hydrazine groups is 1. The second-order valence-corrected chi connectivity index (χ2v) is 8.37. The van der Waals surface area contributed by atoms with E-state index in [9.17, 15) is 14.4 Å². The second-order valence-electron chi connectivity index (χ2n) is 8.37. The van der Waals surface area contributed by atoms with Crippen molar-refractivity contribution in [2.24, 2.45) is 11.8 Å². The largest absolute Gasteiger partial charge is 0.358 e. The Bertz CT molecular complexity index is 795. The van der Waals surface area contributed by atoms with E-state index >= 15 is 0 Å². The van der Waals surface area contributed by atoms with Gasteiger partial charge in [0, 0.05) is 46.3 Å². The number of piperidine rings is 1. The van der Waals surface area contributed by atoms with Gasteiger partial charge in [-0.3, -0.25) is 19.3 Å². The smallest absolute Gasteiger partial charge is 0.247 e. The first kappa shape index (κ1) is 20.8. The molecule has 0 radical (unpaired) electrons. The molecule has 0 aromatic heterocycles. The first-order valence-electron chi connectivity index (χ1n) is 10.5. The number of carbonyl (C=O) groups is 3. The number of hydrogen-bond donors (Lipinski definition) is 2. The predicted octanol–water partition coefficient (Wildman–Crippen LogP) is -1.03. The minimum atomic E-state index is -0.281. The Hall–Kier alpha value is -2.49. The van der Waals surface area contributed by atoms with E-state index in [4.69, 9.17) is 0 Å². The van der Waals surface area contributed by atoms with Gasteiger partial charge in [-0.1, -0.05) is 18.2 Å². The molecule has 4 rings (SSSR count). The topological polar surface area (TPSA) is 88.2 Å². The number of fused-ring (bicyclic) bond motifs is 1. The lowest BCUT2D eigenvalue weighted by Crippen LogP contribution is -2.59. The summed E-state index contributed by atoms with van der Waals surface area (Å²) in [5.74, 6) is -0.428. The molecule has 1 aromatic carbocycles. The summed E-state index contributed by atoms with van der Waals surface area (Å²) in [7, 11) is 3.60. The van der Waals surface area contributed by atoms with E-state index in [0.717, 1.165) is 5.69 Å². The zero-order chi connectivity index (χ0) is 21.3. The zero-order valence-corrected chi connectivity index (χ0v) is 17.6. The highest BCUT2D eigenvalue weighted by molar-refractivity contribution is 5.98. The molecule has 0 aliphatic carbocycles. The molecule has 3 amide bonds. The average Bonchev–Trinajstić information content (AvgIpc) is 3.10. The molecule has 3 atom stereocenters. The fourth-order valence-electron chi connectivity index (χ4n) is 4.70. The van der Waals surface area contributed by atoms with Crippen molar-refractivity contribution in [1.29, 1.82) is 0 Å². The Balaban J connectivity index is 1.44. The number of carbonyl (C=O) groups excluding carboxylic acids is 3. The SMILES string of the molecule is CNC(=O)CN1CCN(C(=O)C2CN(C)CC3C(=O)N(c4ccccc4)NC23)CC1. The molecule has 3 aliphatic rings. The fourth-order valence-corrected chi connectivity index (χ4v) is 4.70. The second kappa shape index (κ2) is 8.71. The summed E-state index contributed by atoms with van der Waals surface area (Å²) in [5, 5.41) is 4.25. The summed E-state index contributed by atoms with van der Waals surface area (Å²) in [6, 6.07) is 9.31. The number of likely N-dealkylation sites (N-methyl/N-ethyl adjacent to an activating group) is 1. The maximum Gasteiger partial charge on any atom is 0.247 e. The molecule has 9 heteroatoms. The number of anilines is 1. The first-order chi connectivity index (χ1) is 14.5. The van der Waals surface area contributed by atoms with Gasteiger partial charge in [-0.2, -0.15) is 0 Å².